The summed E-state index contributed by atoms with van der Waals surface area (Å²) in [5.74, 6) is -0.145. The summed E-state index contributed by atoms with van der Waals surface area (Å²) in [6.07, 6.45) is 0.534. The van der Waals surface area contributed by atoms with Crippen LogP contribution in [0.25, 0.3) is 28.3 Å². The second-order valence-corrected chi connectivity index (χ2v) is 18.3. The van der Waals surface area contributed by atoms with Crippen molar-refractivity contribution in [3.05, 3.63) is 133 Å². The van der Waals surface area contributed by atoms with Crippen LogP contribution in [0.5, 0.6) is 0 Å². The van der Waals surface area contributed by atoms with Gasteiger partial charge in [-0.1, -0.05) is 98.7 Å². The van der Waals surface area contributed by atoms with Gasteiger partial charge in [0.15, 0.2) is 0 Å². The van der Waals surface area contributed by atoms with Crippen molar-refractivity contribution < 1.29 is 22.5 Å². The number of aryl methyl sites for hydroxylation is 2. The molecule has 53 heavy (non-hydrogen) atoms. The van der Waals surface area contributed by atoms with E-state index in [1.54, 1.807) is 27.4 Å². The van der Waals surface area contributed by atoms with Gasteiger partial charge in [0.1, 0.15) is 17.4 Å². The normalized spacial score (nSPS) is 12.8. The van der Waals surface area contributed by atoms with E-state index in [1.165, 1.54) is 6.20 Å². The van der Waals surface area contributed by atoms with E-state index < -0.39 is 25.9 Å². The lowest BCUT2D eigenvalue weighted by Crippen LogP contribution is -2.68. The highest BCUT2D eigenvalue weighted by atomic mass is 28.4. The average molecular weight is 732 g/mol. The topological polar surface area (TPSA) is 112 Å². The number of alkyl halides is 2. The van der Waals surface area contributed by atoms with Crippen molar-refractivity contribution in [1.82, 2.24) is 29.3 Å². The number of fused-ring (bicyclic) bond motifs is 1. The molecular weight excluding hydrogens is 693 g/mol. The quantitative estimate of drug-likeness (QED) is 0.141. The Balaban J connectivity index is 1.12. The molecular formula is C40H39F2N7O3Si. The van der Waals surface area contributed by atoms with Crippen molar-refractivity contribution in [2.45, 2.75) is 51.7 Å². The number of hydrogen-bond acceptors (Lipinski definition) is 7. The first-order chi connectivity index (χ1) is 25.4. The van der Waals surface area contributed by atoms with Crippen LogP contribution in [0.15, 0.2) is 120 Å². The predicted molar refractivity (Wildman–Crippen MR) is 202 cm³/mol. The van der Waals surface area contributed by atoms with Gasteiger partial charge in [-0.2, -0.15) is 10.1 Å². The molecule has 1 amide bonds. The number of nitrogens with zero attached hydrogens (tertiary/aromatic N) is 6. The van der Waals surface area contributed by atoms with Gasteiger partial charge >= 0.3 is 0 Å². The van der Waals surface area contributed by atoms with E-state index in [9.17, 15) is 13.6 Å². The minimum Gasteiger partial charge on any atom is -0.398 e. The SMILES string of the molecule is Cc1ccc(-c2noc(CC(O[Si](c3ccccc3)(c3ccccc3)C(C)(C)C)C(F)F)n2)cc1NC(=O)c1cnc2cc(-c3ccn(C)n3)ccn12. The Bertz CT molecular complexity index is 2330. The van der Waals surface area contributed by atoms with E-state index >= 15 is 0 Å². The zero-order valence-corrected chi connectivity index (χ0v) is 31.0. The molecule has 0 saturated heterocycles. The Kier molecular flexibility index (Phi) is 9.62. The number of hydrogen-bond donors (Lipinski definition) is 1. The molecule has 1 N–H and O–H groups in total. The molecule has 10 nitrogen and oxygen atoms in total. The maximum Gasteiger partial charge on any atom is 0.274 e. The summed E-state index contributed by atoms with van der Waals surface area (Å²) < 4.78 is 45.6. The highest BCUT2D eigenvalue weighted by Crippen LogP contribution is 2.38. The first-order valence-corrected chi connectivity index (χ1v) is 19.1. The van der Waals surface area contributed by atoms with Crippen LogP contribution in [-0.4, -0.2) is 56.1 Å². The summed E-state index contributed by atoms with van der Waals surface area (Å²) in [7, 11) is -1.44. The number of carbonyl (C=O) groups is 1. The van der Waals surface area contributed by atoms with Gasteiger partial charge in [-0.3, -0.25) is 13.9 Å². The Hall–Kier alpha value is -5.79. The van der Waals surface area contributed by atoms with E-state index in [0.29, 0.717) is 22.6 Å². The molecule has 4 aromatic heterocycles. The van der Waals surface area contributed by atoms with Crippen LogP contribution < -0.4 is 15.7 Å². The van der Waals surface area contributed by atoms with Crippen molar-refractivity contribution in [3.8, 4) is 22.6 Å². The maximum atomic E-state index is 15.0. The van der Waals surface area contributed by atoms with E-state index in [-0.39, 0.29) is 24.0 Å². The number of halogens is 2. The minimum absolute atomic E-state index is 0.0187. The zero-order chi connectivity index (χ0) is 37.3. The Labute approximate surface area is 306 Å². The molecule has 0 aliphatic rings. The van der Waals surface area contributed by atoms with Crippen molar-refractivity contribution in [3.63, 3.8) is 0 Å². The Morgan fingerprint density at radius 2 is 1.62 bits per heavy atom. The summed E-state index contributed by atoms with van der Waals surface area (Å²) in [6.45, 7) is 7.98. The molecule has 7 rings (SSSR count). The van der Waals surface area contributed by atoms with Crippen molar-refractivity contribution in [2.75, 3.05) is 5.32 Å². The molecule has 1 unspecified atom stereocenters. The maximum absolute atomic E-state index is 15.0. The number of aromatic nitrogens is 6. The molecule has 270 valence electrons. The summed E-state index contributed by atoms with van der Waals surface area (Å²) in [4.78, 5) is 22.5. The molecule has 0 spiro atoms. The van der Waals surface area contributed by atoms with Gasteiger partial charge in [-0.25, -0.2) is 13.8 Å². The van der Waals surface area contributed by atoms with Gasteiger partial charge in [0.05, 0.1) is 18.3 Å². The molecule has 0 saturated carbocycles. The smallest absolute Gasteiger partial charge is 0.274 e. The number of amides is 1. The molecule has 0 aliphatic heterocycles. The largest absolute Gasteiger partial charge is 0.398 e. The number of imidazole rings is 1. The zero-order valence-electron chi connectivity index (χ0n) is 30.0. The summed E-state index contributed by atoms with van der Waals surface area (Å²) in [5, 5.41) is 12.8. The fourth-order valence-electron chi connectivity index (χ4n) is 6.69. The molecule has 4 heterocycles. The van der Waals surface area contributed by atoms with E-state index in [0.717, 1.165) is 27.2 Å². The lowest BCUT2D eigenvalue weighted by molar-refractivity contribution is 0.00243. The molecule has 0 aliphatic carbocycles. The second kappa shape index (κ2) is 14.3. The third-order valence-electron chi connectivity index (χ3n) is 9.37. The number of nitrogens with one attached hydrogen (secondary N) is 1. The van der Waals surface area contributed by atoms with Crippen LogP contribution in [-0.2, 0) is 17.9 Å². The second-order valence-electron chi connectivity index (χ2n) is 14.0. The van der Waals surface area contributed by atoms with Crippen LogP contribution in [0.2, 0.25) is 5.04 Å². The third-order valence-corrected chi connectivity index (χ3v) is 14.4. The molecule has 3 aromatic carbocycles. The Morgan fingerprint density at radius 3 is 2.25 bits per heavy atom. The van der Waals surface area contributed by atoms with Crippen LogP contribution >= 0.6 is 0 Å². The van der Waals surface area contributed by atoms with Crippen molar-refractivity contribution in [2.24, 2.45) is 7.05 Å². The molecule has 0 fully saturated rings. The van der Waals surface area contributed by atoms with Crippen molar-refractivity contribution >= 4 is 35.9 Å². The lowest BCUT2D eigenvalue weighted by Gasteiger charge is -2.44. The van der Waals surface area contributed by atoms with Crippen LogP contribution in [0.1, 0.15) is 42.7 Å². The van der Waals surface area contributed by atoms with Gasteiger partial charge in [-0.05, 0) is 52.2 Å². The first kappa shape index (κ1) is 35.6. The standard InChI is InChI=1S/C40H39F2N7O3Si/c1-26-16-17-28(22-32(26)44-39(50)33-25-43-35-23-27(18-21-49(33)35)31-19-20-48(5)46-31)38-45-36(51-47-38)24-34(37(41)42)52-53(40(2,3)4,29-12-8-6-9-13-29)30-14-10-7-11-15-30/h6-23,25,34,37H,24H2,1-5H3,(H,44,50). The minimum atomic E-state index is -3.29. The van der Waals surface area contributed by atoms with Crippen LogP contribution in [0, 0.1) is 6.92 Å². The highest BCUT2D eigenvalue weighted by Gasteiger charge is 2.52. The number of carbonyl (C=O) groups excluding carboxylic acids is 1. The first-order valence-electron chi connectivity index (χ1n) is 17.2. The molecule has 13 heteroatoms. The van der Waals surface area contributed by atoms with Gasteiger partial charge in [0.25, 0.3) is 20.7 Å². The van der Waals surface area contributed by atoms with E-state index in [1.807, 2.05) is 126 Å². The fraction of sp³-hybridized carbons (Fsp3) is 0.225. The van der Waals surface area contributed by atoms with Gasteiger partial charge in [0, 0.05) is 36.3 Å². The van der Waals surface area contributed by atoms with Gasteiger partial charge in [-0.15, -0.1) is 0 Å². The fourth-order valence-corrected chi connectivity index (χ4v) is 11.3. The highest BCUT2D eigenvalue weighted by molar-refractivity contribution is 6.99. The van der Waals surface area contributed by atoms with E-state index in [4.69, 9.17) is 8.95 Å². The molecule has 0 radical (unpaired) electrons. The summed E-state index contributed by atoms with van der Waals surface area (Å²) in [6, 6.07) is 30.3. The van der Waals surface area contributed by atoms with Gasteiger partial charge < -0.3 is 14.3 Å². The average Bonchev–Trinajstić information content (AvgIpc) is 3.91. The third kappa shape index (κ3) is 7.05. The molecule has 0 bridgehead atoms. The number of pyridine rings is 1. The number of benzene rings is 3. The van der Waals surface area contributed by atoms with Crippen LogP contribution in [0.3, 0.4) is 0 Å². The Morgan fingerprint density at radius 1 is 0.925 bits per heavy atom. The van der Waals surface area contributed by atoms with Crippen LogP contribution in [0.4, 0.5) is 14.5 Å². The summed E-state index contributed by atoms with van der Waals surface area (Å²) in [5.41, 5.74) is 4.50. The molecule has 7 aromatic rings. The summed E-state index contributed by atoms with van der Waals surface area (Å²) >= 11 is 0. The molecule has 1 atom stereocenters. The number of rotatable bonds is 11. The predicted octanol–water partition coefficient (Wildman–Crippen LogP) is 7.10. The van der Waals surface area contributed by atoms with Crippen molar-refractivity contribution in [1.29, 1.82) is 0 Å². The lowest BCUT2D eigenvalue weighted by atomic mass is 10.1. The monoisotopic (exact) mass is 731 g/mol. The van der Waals surface area contributed by atoms with E-state index in [2.05, 4.69) is 25.5 Å². The number of anilines is 1. The van der Waals surface area contributed by atoms with Gasteiger partial charge in [0.2, 0.25) is 11.7 Å².